The molecule has 0 amide bonds. The van der Waals surface area contributed by atoms with Crippen LogP contribution < -0.4 is 0 Å². The van der Waals surface area contributed by atoms with Gasteiger partial charge < -0.3 is 9.84 Å². The summed E-state index contributed by atoms with van der Waals surface area (Å²) in [7, 11) is 0. The van der Waals surface area contributed by atoms with Crippen LogP contribution in [0.3, 0.4) is 0 Å². The van der Waals surface area contributed by atoms with Gasteiger partial charge in [-0.2, -0.15) is 0 Å². The maximum absolute atomic E-state index is 12.7. The molecule has 0 saturated carbocycles. The van der Waals surface area contributed by atoms with Gasteiger partial charge in [0.05, 0.1) is 6.61 Å². The molecule has 1 N–H and O–H groups in total. The number of halogens is 2. The first-order valence-electron chi connectivity index (χ1n) is 3.73. The van der Waals surface area contributed by atoms with Gasteiger partial charge in [0, 0.05) is 12.5 Å². The van der Waals surface area contributed by atoms with Crippen molar-refractivity contribution in [2.24, 2.45) is 5.92 Å². The molecule has 0 spiro atoms. The molecule has 66 valence electrons. The number of hydrogen-bond donors (Lipinski definition) is 1. The van der Waals surface area contributed by atoms with Gasteiger partial charge in [0.2, 0.25) is 0 Å². The highest BCUT2D eigenvalue weighted by Crippen LogP contribution is 2.30. The Morgan fingerprint density at radius 2 is 2.27 bits per heavy atom. The fraction of sp³-hybridized carbons (Fsp3) is 1.00. The topological polar surface area (TPSA) is 29.5 Å². The third-order valence-electron chi connectivity index (χ3n) is 1.97. The van der Waals surface area contributed by atoms with Crippen molar-refractivity contribution < 1.29 is 18.6 Å². The molecule has 1 fully saturated rings. The van der Waals surface area contributed by atoms with E-state index in [2.05, 4.69) is 0 Å². The molecule has 1 saturated heterocycles. The van der Waals surface area contributed by atoms with E-state index in [9.17, 15) is 8.78 Å². The number of aliphatic hydroxyl groups excluding tert-OH is 1. The van der Waals surface area contributed by atoms with Gasteiger partial charge in [-0.05, 0) is 12.8 Å². The van der Waals surface area contributed by atoms with Crippen molar-refractivity contribution in [1.82, 2.24) is 0 Å². The normalized spacial score (nSPS) is 27.0. The minimum atomic E-state index is -2.96. The van der Waals surface area contributed by atoms with Crippen molar-refractivity contribution >= 4 is 0 Å². The SMILES string of the molecule is OCC(F)(F)C1CCCOC1. The summed E-state index contributed by atoms with van der Waals surface area (Å²) in [5, 5.41) is 8.34. The zero-order valence-electron chi connectivity index (χ0n) is 6.22. The first-order valence-corrected chi connectivity index (χ1v) is 3.73. The largest absolute Gasteiger partial charge is 0.390 e. The highest BCUT2D eigenvalue weighted by molar-refractivity contribution is 4.78. The molecule has 11 heavy (non-hydrogen) atoms. The van der Waals surface area contributed by atoms with Crippen molar-refractivity contribution in [3.8, 4) is 0 Å². The van der Waals surface area contributed by atoms with E-state index in [0.717, 1.165) is 0 Å². The van der Waals surface area contributed by atoms with E-state index in [1.807, 2.05) is 0 Å². The van der Waals surface area contributed by atoms with Crippen LogP contribution in [0.1, 0.15) is 12.8 Å². The molecule has 0 radical (unpaired) electrons. The number of aliphatic hydroxyl groups is 1. The zero-order valence-corrected chi connectivity index (χ0v) is 6.22. The molecule has 1 aliphatic heterocycles. The Morgan fingerprint density at radius 3 is 2.73 bits per heavy atom. The van der Waals surface area contributed by atoms with Crippen LogP contribution in [0, 0.1) is 5.92 Å². The fourth-order valence-corrected chi connectivity index (χ4v) is 1.20. The maximum Gasteiger partial charge on any atom is 0.275 e. The number of hydrogen-bond acceptors (Lipinski definition) is 2. The Morgan fingerprint density at radius 1 is 1.55 bits per heavy atom. The summed E-state index contributed by atoms with van der Waals surface area (Å²) in [6.07, 6.45) is 1.12. The summed E-state index contributed by atoms with van der Waals surface area (Å²) in [6.45, 7) is -0.424. The molecular formula is C7H12F2O2. The van der Waals surface area contributed by atoms with Crippen molar-refractivity contribution in [1.29, 1.82) is 0 Å². The predicted molar refractivity (Wildman–Crippen MR) is 35.6 cm³/mol. The van der Waals surface area contributed by atoms with Crippen LogP contribution in [-0.2, 0) is 4.74 Å². The number of ether oxygens (including phenoxy) is 1. The molecule has 0 aliphatic carbocycles. The summed E-state index contributed by atoms with van der Waals surface area (Å²) in [5.74, 6) is -3.75. The van der Waals surface area contributed by atoms with Gasteiger partial charge in [0.25, 0.3) is 5.92 Å². The molecule has 0 aromatic rings. The van der Waals surface area contributed by atoms with Crippen molar-refractivity contribution in [3.63, 3.8) is 0 Å². The lowest BCUT2D eigenvalue weighted by atomic mass is 9.96. The molecule has 0 bridgehead atoms. The summed E-state index contributed by atoms with van der Waals surface area (Å²) in [5.41, 5.74) is 0. The van der Waals surface area contributed by atoms with Crippen LogP contribution in [0.5, 0.6) is 0 Å². The lowest BCUT2D eigenvalue weighted by Gasteiger charge is -2.28. The Balaban J connectivity index is 2.43. The van der Waals surface area contributed by atoms with E-state index in [1.54, 1.807) is 0 Å². The summed E-state index contributed by atoms with van der Waals surface area (Å²) >= 11 is 0. The molecule has 2 nitrogen and oxygen atoms in total. The van der Waals surface area contributed by atoms with Crippen LogP contribution in [0.25, 0.3) is 0 Å². The minimum absolute atomic E-state index is 0.0769. The van der Waals surface area contributed by atoms with Crippen molar-refractivity contribution in [2.75, 3.05) is 19.8 Å². The predicted octanol–water partition coefficient (Wildman–Crippen LogP) is 1.04. The van der Waals surface area contributed by atoms with Crippen molar-refractivity contribution in [3.05, 3.63) is 0 Å². The first kappa shape index (κ1) is 8.87. The second-order valence-corrected chi connectivity index (χ2v) is 2.83. The van der Waals surface area contributed by atoms with Crippen molar-refractivity contribution in [2.45, 2.75) is 18.8 Å². The smallest absolute Gasteiger partial charge is 0.275 e. The summed E-state index contributed by atoms with van der Waals surface area (Å²) < 4.78 is 30.3. The molecule has 0 aromatic heterocycles. The molecule has 4 heteroatoms. The number of alkyl halides is 2. The molecule has 0 aromatic carbocycles. The summed E-state index contributed by atoms with van der Waals surface area (Å²) in [6, 6.07) is 0. The second-order valence-electron chi connectivity index (χ2n) is 2.83. The zero-order chi connectivity index (χ0) is 8.32. The van der Waals surface area contributed by atoms with Gasteiger partial charge in [-0.25, -0.2) is 8.78 Å². The third kappa shape index (κ3) is 2.10. The second kappa shape index (κ2) is 3.45. The third-order valence-corrected chi connectivity index (χ3v) is 1.97. The average Bonchev–Trinajstić information content (AvgIpc) is 2.06. The molecule has 1 unspecified atom stereocenters. The first-order chi connectivity index (χ1) is 5.17. The summed E-state index contributed by atoms with van der Waals surface area (Å²) in [4.78, 5) is 0. The Bertz CT molecular complexity index is 122. The van der Waals surface area contributed by atoms with E-state index in [4.69, 9.17) is 9.84 Å². The molecule has 1 rings (SSSR count). The van der Waals surface area contributed by atoms with Gasteiger partial charge in [0.15, 0.2) is 0 Å². The highest BCUT2D eigenvalue weighted by Gasteiger charge is 2.39. The van der Waals surface area contributed by atoms with E-state index in [1.165, 1.54) is 0 Å². The quantitative estimate of drug-likeness (QED) is 0.664. The Kier molecular flexibility index (Phi) is 2.78. The van der Waals surface area contributed by atoms with E-state index >= 15 is 0 Å². The van der Waals surface area contributed by atoms with Gasteiger partial charge in [0.1, 0.15) is 6.61 Å². The standard InChI is InChI=1S/C7H12F2O2/c8-7(9,5-10)6-2-1-3-11-4-6/h6,10H,1-5H2. The monoisotopic (exact) mass is 166 g/mol. The highest BCUT2D eigenvalue weighted by atomic mass is 19.3. The lowest BCUT2D eigenvalue weighted by molar-refractivity contribution is -0.134. The maximum atomic E-state index is 12.7. The Labute approximate surface area is 64.2 Å². The van der Waals surface area contributed by atoms with E-state index < -0.39 is 18.4 Å². The van der Waals surface area contributed by atoms with Gasteiger partial charge >= 0.3 is 0 Å². The van der Waals surface area contributed by atoms with Crippen LogP contribution in [0.2, 0.25) is 0 Å². The molecular weight excluding hydrogens is 154 g/mol. The van der Waals surface area contributed by atoms with Gasteiger partial charge in [-0.3, -0.25) is 0 Å². The van der Waals surface area contributed by atoms with Gasteiger partial charge in [-0.1, -0.05) is 0 Å². The minimum Gasteiger partial charge on any atom is -0.390 e. The van der Waals surface area contributed by atoms with Gasteiger partial charge in [-0.15, -0.1) is 0 Å². The van der Waals surface area contributed by atoms with E-state index in [-0.39, 0.29) is 6.61 Å². The van der Waals surface area contributed by atoms with Crippen LogP contribution in [-0.4, -0.2) is 30.8 Å². The number of rotatable bonds is 2. The average molecular weight is 166 g/mol. The van der Waals surface area contributed by atoms with Crippen LogP contribution in [0.15, 0.2) is 0 Å². The lowest BCUT2D eigenvalue weighted by Crippen LogP contribution is -2.37. The van der Waals surface area contributed by atoms with E-state index in [0.29, 0.717) is 19.4 Å². The molecule has 1 aliphatic rings. The van der Waals surface area contributed by atoms with Crippen LogP contribution >= 0.6 is 0 Å². The Hall–Kier alpha value is -0.220. The van der Waals surface area contributed by atoms with Crippen LogP contribution in [0.4, 0.5) is 8.78 Å². The fourth-order valence-electron chi connectivity index (χ4n) is 1.20. The molecule has 1 heterocycles. The molecule has 1 atom stereocenters.